The van der Waals surface area contributed by atoms with Gasteiger partial charge >= 0.3 is 5.51 Å². The number of aliphatic hydroxyl groups excluding tert-OH is 1. The molecule has 4 aliphatic rings. The molecule has 1 aromatic heterocycles. The molecule has 3 fully saturated rings. The molecule has 0 saturated carbocycles. The van der Waals surface area contributed by atoms with E-state index in [0.29, 0.717) is 56.9 Å². The smallest absolute Gasteiger partial charge is 0.391 e. The number of β-amino-alcohol motifs (C(OH)–C–C–N with tert-alkyl or cyclic N) is 1. The number of aromatic nitrogens is 1. The second-order valence-corrected chi connectivity index (χ2v) is 35.0. The number of thioether (sulfide) groups is 1. The SMILES string of the molecule is Cc1ncsc1-c1ccc(C(C)NC(=O)C2CC(O)CN2C(=O)C(NC(=O)CCCC(=O)N2CCN(CCC(CSc3ccccc3)Nc3ccc(S(=O)(=O)NC(=O)c4ccc(N5CCN(CC6=C(c7ccc(Cl)cc7)CCC(C)(C)C6)CC5)cc4)cc3S(=O)(=O)C(F)(F)F)CC2)C(C)(C)C)cc1. The van der Waals surface area contributed by atoms with Gasteiger partial charge in [-0.25, -0.2) is 26.5 Å². The van der Waals surface area contributed by atoms with Crippen molar-refractivity contribution in [1.29, 1.82) is 0 Å². The number of nitrogens with zero attached hydrogens (tertiary/aromatic N) is 6. The second-order valence-electron chi connectivity index (χ2n) is 29.0. The van der Waals surface area contributed by atoms with Crippen molar-refractivity contribution in [2.45, 2.75) is 150 Å². The third-order valence-electron chi connectivity index (χ3n) is 19.7. The average Bonchev–Trinajstić information content (AvgIpc) is 1.20. The zero-order valence-electron chi connectivity index (χ0n) is 59.1. The maximum Gasteiger partial charge on any atom is 0.501 e. The molecule has 5 unspecified atom stereocenters. The van der Waals surface area contributed by atoms with Gasteiger partial charge < -0.3 is 35.8 Å². The summed E-state index contributed by atoms with van der Waals surface area (Å²) in [6.07, 6.45) is 2.54. The summed E-state index contributed by atoms with van der Waals surface area (Å²) in [4.78, 5) is 82.7. The van der Waals surface area contributed by atoms with E-state index in [4.69, 9.17) is 11.6 Å². The van der Waals surface area contributed by atoms with E-state index in [1.54, 1.807) is 54.7 Å². The molecule has 5 aromatic carbocycles. The quantitative estimate of drug-likeness (QED) is 0.0317. The first-order valence-corrected chi connectivity index (χ1v) is 40.0. The molecule has 20 nitrogen and oxygen atoms in total. The minimum absolute atomic E-state index is 0.0210. The molecule has 4 heterocycles. The Bertz CT molecular complexity index is 4260. The van der Waals surface area contributed by atoms with Gasteiger partial charge in [0.1, 0.15) is 17.0 Å². The number of sulfone groups is 1. The third kappa shape index (κ3) is 20.2. The topological polar surface area (TPSA) is 251 Å². The molecule has 3 saturated heterocycles. The lowest BCUT2D eigenvalue weighted by Crippen LogP contribution is -2.57. The maximum atomic E-state index is 14.6. The first-order valence-electron chi connectivity index (χ1n) is 34.8. The largest absolute Gasteiger partial charge is 0.501 e. The van der Waals surface area contributed by atoms with Crippen LogP contribution in [0, 0.1) is 17.8 Å². The number of amides is 5. The Labute approximate surface area is 615 Å². The highest BCUT2D eigenvalue weighted by Gasteiger charge is 2.49. The van der Waals surface area contributed by atoms with E-state index in [1.807, 2.05) is 85.3 Å². The highest BCUT2D eigenvalue weighted by atomic mass is 35.5. The van der Waals surface area contributed by atoms with Gasteiger partial charge in [0.2, 0.25) is 23.6 Å². The number of sulfonamides is 1. The number of nitrogens with one attached hydrogen (secondary N) is 4. The lowest BCUT2D eigenvalue weighted by molar-refractivity contribution is -0.144. The number of thiazole rings is 1. The van der Waals surface area contributed by atoms with Crippen molar-refractivity contribution in [2.75, 3.05) is 88.0 Å². The van der Waals surface area contributed by atoms with E-state index in [9.17, 15) is 59.1 Å². The van der Waals surface area contributed by atoms with Crippen molar-refractivity contribution in [3.05, 3.63) is 160 Å². The summed E-state index contributed by atoms with van der Waals surface area (Å²) in [5.41, 5.74) is 2.37. The number of aryl methyl sites for hydroxylation is 1. The second kappa shape index (κ2) is 33.4. The van der Waals surface area contributed by atoms with Gasteiger partial charge in [-0.05, 0) is 146 Å². The van der Waals surface area contributed by atoms with Crippen LogP contribution >= 0.6 is 34.7 Å². The van der Waals surface area contributed by atoms with Crippen molar-refractivity contribution in [3.8, 4) is 10.4 Å². The van der Waals surface area contributed by atoms with Crippen LogP contribution in [0.2, 0.25) is 5.02 Å². The number of hydrogen-bond acceptors (Lipinski definition) is 17. The van der Waals surface area contributed by atoms with Crippen LogP contribution in [0.25, 0.3) is 16.0 Å². The predicted molar refractivity (Wildman–Crippen MR) is 398 cm³/mol. The fraction of sp³-hybridized carbons (Fsp3) is 0.467. The molecule has 6 aromatic rings. The number of rotatable bonds is 26. The normalized spacial score (nSPS) is 18.8. The van der Waals surface area contributed by atoms with Gasteiger partial charge in [0, 0.05) is 124 Å². The predicted octanol–water partition coefficient (Wildman–Crippen LogP) is 11.6. The molecule has 3 aliphatic heterocycles. The number of carbonyl (C=O) groups excluding carboxylic acids is 5. The molecule has 1 aliphatic carbocycles. The van der Waals surface area contributed by atoms with E-state index in [-0.39, 0.29) is 61.3 Å². The summed E-state index contributed by atoms with van der Waals surface area (Å²) in [6.45, 7) is 19.3. The summed E-state index contributed by atoms with van der Waals surface area (Å²) in [6, 6.07) is 30.5. The van der Waals surface area contributed by atoms with Gasteiger partial charge in [0.25, 0.3) is 25.8 Å². The van der Waals surface area contributed by atoms with Crippen molar-refractivity contribution in [3.63, 3.8) is 0 Å². The average molecular weight is 1510 g/mol. The lowest BCUT2D eigenvalue weighted by Gasteiger charge is -2.39. The van der Waals surface area contributed by atoms with E-state index in [0.717, 1.165) is 83.3 Å². The number of piperazine rings is 2. The molecule has 0 spiro atoms. The highest BCUT2D eigenvalue weighted by molar-refractivity contribution is 7.99. The Kier molecular flexibility index (Phi) is 25.4. The van der Waals surface area contributed by atoms with Crippen LogP contribution in [0.4, 0.5) is 24.5 Å². The molecular formula is C75H92ClF3N10O10S4. The minimum atomic E-state index is -6.20. The Hall–Kier alpha value is -7.37. The van der Waals surface area contributed by atoms with Gasteiger partial charge in [-0.2, -0.15) is 13.2 Å². The van der Waals surface area contributed by atoms with Gasteiger partial charge in [-0.3, -0.25) is 33.8 Å². The molecule has 0 radical (unpaired) electrons. The summed E-state index contributed by atoms with van der Waals surface area (Å²) in [5, 5.41) is 20.3. The van der Waals surface area contributed by atoms with Crippen molar-refractivity contribution < 1.29 is 59.1 Å². The van der Waals surface area contributed by atoms with Crippen LogP contribution in [0.1, 0.15) is 126 Å². The highest BCUT2D eigenvalue weighted by Crippen LogP contribution is 2.44. The fourth-order valence-electron chi connectivity index (χ4n) is 13.7. The molecule has 554 valence electrons. The number of aliphatic hydroxyl groups is 1. The summed E-state index contributed by atoms with van der Waals surface area (Å²) < 4.78 is 100. The zero-order valence-corrected chi connectivity index (χ0v) is 63.1. The summed E-state index contributed by atoms with van der Waals surface area (Å²) in [7, 11) is -11.2. The van der Waals surface area contributed by atoms with Gasteiger partial charge in [-0.1, -0.05) is 106 Å². The van der Waals surface area contributed by atoms with Crippen LogP contribution in [-0.2, 0) is 39.0 Å². The van der Waals surface area contributed by atoms with Crippen LogP contribution < -0.4 is 25.6 Å². The van der Waals surface area contributed by atoms with Crippen LogP contribution in [0.5, 0.6) is 0 Å². The Morgan fingerprint density at radius 3 is 2.11 bits per heavy atom. The van der Waals surface area contributed by atoms with Crippen LogP contribution in [0.15, 0.2) is 147 Å². The zero-order chi connectivity index (χ0) is 74.2. The van der Waals surface area contributed by atoms with E-state index >= 15 is 0 Å². The molecule has 10 rings (SSSR count). The maximum absolute atomic E-state index is 14.6. The molecular weight excluding hydrogens is 1420 g/mol. The minimum Gasteiger partial charge on any atom is -0.391 e. The number of likely N-dealkylation sites (tertiary alicyclic amines) is 1. The molecule has 5 amide bonds. The van der Waals surface area contributed by atoms with Gasteiger partial charge in [0.05, 0.1) is 38.8 Å². The van der Waals surface area contributed by atoms with Crippen molar-refractivity contribution in [1.82, 2.24) is 39.9 Å². The molecule has 5 N–H and O–H groups in total. The first kappa shape index (κ1) is 78.2. The van der Waals surface area contributed by atoms with E-state index in [2.05, 4.69) is 61.6 Å². The number of hydrogen-bond donors (Lipinski definition) is 5. The van der Waals surface area contributed by atoms with E-state index < -0.39 is 100 Å². The first-order chi connectivity index (χ1) is 48.7. The molecule has 28 heteroatoms. The lowest BCUT2D eigenvalue weighted by atomic mass is 9.73. The standard InChI is InChI=1S/C75H92ClF3N10O10S4/c1-49(51-16-18-53(19-17-51)68-50(2)80-48-101-68)81-71(94)64-42-59(90)46-89(64)72(95)69(73(3,4)5)83-66(91)14-11-15-67(92)88-40-34-85(35-41-88)33-31-57(47-100-60-12-9-8-10-13-60)82-63-29-28-61(43-65(63)102(96,97)75(77,78)79)103(98,99)84-70(93)54-22-26-58(27-23-54)87-38-36-86(37-39-87)45-55-44-74(6,7)32-30-62(55)52-20-24-56(76)25-21-52/h8-10,12-13,16-29,43,48-49,57,59,64,69,82,90H,11,14-15,30-42,44-47H2,1-7H3,(H,81,94)(H,83,91)(H,84,93). The molecule has 5 atom stereocenters. The van der Waals surface area contributed by atoms with Crippen LogP contribution in [-0.4, -0.2) is 184 Å². The number of alkyl halides is 3. The van der Waals surface area contributed by atoms with Crippen LogP contribution in [0.3, 0.4) is 0 Å². The van der Waals surface area contributed by atoms with Crippen molar-refractivity contribution in [2.24, 2.45) is 10.8 Å². The number of anilines is 2. The van der Waals surface area contributed by atoms with Gasteiger partial charge in [0.15, 0.2) is 0 Å². The monoisotopic (exact) mass is 1510 g/mol. The summed E-state index contributed by atoms with van der Waals surface area (Å²) >= 11 is 9.14. The fourth-order valence-corrected chi connectivity index (χ4v) is 17.6. The molecule has 0 bridgehead atoms. The van der Waals surface area contributed by atoms with Gasteiger partial charge in [-0.15, -0.1) is 23.1 Å². The Morgan fingerprint density at radius 1 is 0.806 bits per heavy atom. The summed E-state index contributed by atoms with van der Waals surface area (Å²) in [5.74, 6) is -2.43. The Balaban J connectivity index is 0.713. The van der Waals surface area contributed by atoms with Crippen molar-refractivity contribution >= 4 is 101 Å². The van der Waals surface area contributed by atoms with E-state index in [1.165, 1.54) is 45.5 Å². The number of benzene rings is 5. The number of halogens is 4. The third-order valence-corrected chi connectivity index (χ3v) is 24.9. The Morgan fingerprint density at radius 2 is 1.47 bits per heavy atom. The number of allylic oxidation sites excluding steroid dienone is 1. The molecule has 103 heavy (non-hydrogen) atoms. The number of carbonyl (C=O) groups is 5.